The summed E-state index contributed by atoms with van der Waals surface area (Å²) >= 11 is 0. The second-order valence-electron chi connectivity index (χ2n) is 6.31. The van der Waals surface area contributed by atoms with Gasteiger partial charge in [0, 0.05) is 18.7 Å². The van der Waals surface area contributed by atoms with E-state index in [-0.39, 0.29) is 23.8 Å². The first kappa shape index (κ1) is 19.0. The number of Topliss-reactive ketones (excluding diaryl/α,β-unsaturated/α-hetero) is 1. The van der Waals surface area contributed by atoms with Crippen LogP contribution in [0.25, 0.3) is 10.8 Å². The van der Waals surface area contributed by atoms with Crippen molar-refractivity contribution in [3.63, 3.8) is 0 Å². The number of rotatable bonds is 7. The van der Waals surface area contributed by atoms with E-state index in [9.17, 15) is 13.2 Å². The fourth-order valence-electron chi connectivity index (χ4n) is 3.02. The van der Waals surface area contributed by atoms with Gasteiger partial charge in [-0.25, -0.2) is 8.42 Å². The molecule has 0 bridgehead atoms. The van der Waals surface area contributed by atoms with Crippen molar-refractivity contribution in [2.45, 2.75) is 18.4 Å². The van der Waals surface area contributed by atoms with Crippen LogP contribution < -0.4 is 0 Å². The monoisotopic (exact) mass is 379 g/mol. The molecule has 0 fully saturated rings. The minimum atomic E-state index is -3.72. The van der Waals surface area contributed by atoms with Gasteiger partial charge < -0.3 is 0 Å². The van der Waals surface area contributed by atoms with Gasteiger partial charge in [0.1, 0.15) is 0 Å². The Hall–Kier alpha value is -2.76. The van der Waals surface area contributed by atoms with E-state index in [1.807, 2.05) is 42.5 Å². The molecule has 0 N–H and O–H groups in total. The number of nitrogens with zero attached hydrogens (tertiary/aromatic N) is 1. The number of carbonyl (C=O) groups excluding carboxylic acids is 1. The van der Waals surface area contributed by atoms with Crippen LogP contribution in [0.15, 0.2) is 84.3 Å². The molecule has 0 aromatic heterocycles. The fraction of sp³-hybridized carbons (Fsp3) is 0.136. The van der Waals surface area contributed by atoms with E-state index in [1.165, 1.54) is 23.4 Å². The van der Waals surface area contributed by atoms with Crippen LogP contribution in [0.4, 0.5) is 0 Å². The molecule has 0 atom stereocenters. The number of ketones is 1. The van der Waals surface area contributed by atoms with E-state index in [1.54, 1.807) is 18.2 Å². The maximum atomic E-state index is 13.1. The van der Waals surface area contributed by atoms with Crippen molar-refractivity contribution in [1.82, 2.24) is 4.31 Å². The molecule has 3 aromatic carbocycles. The third-order valence-corrected chi connectivity index (χ3v) is 6.28. The molecule has 0 radical (unpaired) electrons. The zero-order chi connectivity index (χ0) is 19.4. The van der Waals surface area contributed by atoms with E-state index < -0.39 is 10.0 Å². The summed E-state index contributed by atoms with van der Waals surface area (Å²) < 4.78 is 27.7. The standard InChI is InChI=1S/C22H21NO3S/c1-3-15-23(16-20-9-6-8-19-7-4-5-10-22(19)20)27(25,26)21-13-11-18(12-14-21)17(2)24/h3-14H,1,15-16H2,2H3. The third-order valence-electron chi connectivity index (χ3n) is 4.46. The summed E-state index contributed by atoms with van der Waals surface area (Å²) in [6, 6.07) is 19.8. The summed E-state index contributed by atoms with van der Waals surface area (Å²) in [7, 11) is -3.72. The molecule has 3 aromatic rings. The van der Waals surface area contributed by atoms with E-state index in [0.29, 0.717) is 5.56 Å². The van der Waals surface area contributed by atoms with Crippen LogP contribution in [0.2, 0.25) is 0 Å². The van der Waals surface area contributed by atoms with Gasteiger partial charge in [-0.2, -0.15) is 4.31 Å². The van der Waals surface area contributed by atoms with Crippen LogP contribution in [0.5, 0.6) is 0 Å². The Morgan fingerprint density at radius 3 is 2.33 bits per heavy atom. The molecule has 0 aliphatic carbocycles. The Labute approximate surface area is 159 Å². The van der Waals surface area contributed by atoms with Gasteiger partial charge >= 0.3 is 0 Å². The largest absolute Gasteiger partial charge is 0.295 e. The van der Waals surface area contributed by atoms with E-state index in [0.717, 1.165) is 16.3 Å². The molecule has 0 saturated heterocycles. The summed E-state index contributed by atoms with van der Waals surface area (Å²) in [5, 5.41) is 2.09. The lowest BCUT2D eigenvalue weighted by Crippen LogP contribution is -2.31. The maximum absolute atomic E-state index is 13.1. The van der Waals surface area contributed by atoms with Gasteiger partial charge in [0.25, 0.3) is 0 Å². The van der Waals surface area contributed by atoms with Crippen LogP contribution in [0, 0.1) is 0 Å². The molecule has 0 aliphatic heterocycles. The summed E-state index contributed by atoms with van der Waals surface area (Å²) in [6.07, 6.45) is 1.58. The smallest absolute Gasteiger partial charge is 0.243 e. The van der Waals surface area contributed by atoms with Crippen LogP contribution in [-0.2, 0) is 16.6 Å². The van der Waals surface area contributed by atoms with Crippen LogP contribution in [0.1, 0.15) is 22.8 Å². The fourth-order valence-corrected chi connectivity index (χ4v) is 4.41. The van der Waals surface area contributed by atoms with Crippen LogP contribution >= 0.6 is 0 Å². The second-order valence-corrected chi connectivity index (χ2v) is 8.24. The van der Waals surface area contributed by atoms with Crippen molar-refractivity contribution in [2.75, 3.05) is 6.54 Å². The van der Waals surface area contributed by atoms with Gasteiger partial charge in [-0.05, 0) is 35.4 Å². The zero-order valence-electron chi connectivity index (χ0n) is 15.1. The van der Waals surface area contributed by atoms with Gasteiger partial charge in [-0.1, -0.05) is 60.7 Å². The molecule has 0 saturated carbocycles. The van der Waals surface area contributed by atoms with E-state index >= 15 is 0 Å². The third kappa shape index (κ3) is 3.99. The number of benzene rings is 3. The predicted octanol–water partition coefficient (Wildman–Crippen LogP) is 4.42. The number of hydrogen-bond donors (Lipinski definition) is 0. The van der Waals surface area contributed by atoms with E-state index in [2.05, 4.69) is 6.58 Å². The topological polar surface area (TPSA) is 54.5 Å². The Morgan fingerprint density at radius 1 is 1.00 bits per heavy atom. The van der Waals surface area contributed by atoms with E-state index in [4.69, 9.17) is 0 Å². The van der Waals surface area contributed by atoms with Crippen molar-refractivity contribution in [2.24, 2.45) is 0 Å². The summed E-state index contributed by atoms with van der Waals surface area (Å²) in [4.78, 5) is 11.6. The highest BCUT2D eigenvalue weighted by Crippen LogP contribution is 2.24. The summed E-state index contributed by atoms with van der Waals surface area (Å²) in [5.74, 6) is -0.0994. The molecular weight excluding hydrogens is 358 g/mol. The van der Waals surface area contributed by atoms with Gasteiger partial charge in [0.05, 0.1) is 4.90 Å². The highest BCUT2D eigenvalue weighted by Gasteiger charge is 2.24. The van der Waals surface area contributed by atoms with Gasteiger partial charge in [0.15, 0.2) is 5.78 Å². The maximum Gasteiger partial charge on any atom is 0.243 e. The molecule has 27 heavy (non-hydrogen) atoms. The zero-order valence-corrected chi connectivity index (χ0v) is 15.9. The molecular formula is C22H21NO3S. The summed E-state index contributed by atoms with van der Waals surface area (Å²) in [6.45, 7) is 5.59. The molecule has 3 rings (SSSR count). The average Bonchev–Trinajstić information content (AvgIpc) is 2.68. The molecule has 138 valence electrons. The van der Waals surface area contributed by atoms with Crippen LogP contribution in [0.3, 0.4) is 0 Å². The van der Waals surface area contributed by atoms with Gasteiger partial charge in [-0.3, -0.25) is 4.79 Å². The number of hydrogen-bond acceptors (Lipinski definition) is 3. The minimum absolute atomic E-state index is 0.0994. The quantitative estimate of drug-likeness (QED) is 0.451. The minimum Gasteiger partial charge on any atom is -0.295 e. The van der Waals surface area contributed by atoms with Crippen molar-refractivity contribution < 1.29 is 13.2 Å². The van der Waals surface area contributed by atoms with Crippen molar-refractivity contribution in [1.29, 1.82) is 0 Å². The van der Waals surface area contributed by atoms with Crippen molar-refractivity contribution in [3.8, 4) is 0 Å². The molecule has 5 heteroatoms. The first-order valence-electron chi connectivity index (χ1n) is 8.62. The second kappa shape index (κ2) is 7.86. The lowest BCUT2D eigenvalue weighted by Gasteiger charge is -2.22. The summed E-state index contributed by atoms with van der Waals surface area (Å²) in [5.41, 5.74) is 1.41. The Balaban J connectivity index is 1.98. The van der Waals surface area contributed by atoms with Gasteiger partial charge in [0.2, 0.25) is 10.0 Å². The molecule has 4 nitrogen and oxygen atoms in total. The van der Waals surface area contributed by atoms with Crippen LogP contribution in [-0.4, -0.2) is 25.1 Å². The SMILES string of the molecule is C=CCN(Cc1cccc2ccccc12)S(=O)(=O)c1ccc(C(C)=O)cc1. The normalized spacial score (nSPS) is 11.6. The van der Waals surface area contributed by atoms with Crippen molar-refractivity contribution in [3.05, 3.63) is 90.5 Å². The highest BCUT2D eigenvalue weighted by molar-refractivity contribution is 7.89. The Bertz CT molecular complexity index is 1080. The average molecular weight is 379 g/mol. The van der Waals surface area contributed by atoms with Gasteiger partial charge in [-0.15, -0.1) is 6.58 Å². The van der Waals surface area contributed by atoms with Crippen molar-refractivity contribution >= 4 is 26.6 Å². The molecule has 0 heterocycles. The molecule has 0 aliphatic rings. The molecule has 0 amide bonds. The number of sulfonamides is 1. The number of fused-ring (bicyclic) bond motifs is 1. The number of carbonyl (C=O) groups is 1. The first-order chi connectivity index (χ1) is 12.9. The predicted molar refractivity (Wildman–Crippen MR) is 108 cm³/mol. The Kier molecular flexibility index (Phi) is 5.54. The molecule has 0 spiro atoms. The first-order valence-corrected chi connectivity index (χ1v) is 10.1. The lowest BCUT2D eigenvalue weighted by molar-refractivity contribution is 0.101. The molecule has 0 unspecified atom stereocenters. The highest BCUT2D eigenvalue weighted by atomic mass is 32.2. The Morgan fingerprint density at radius 2 is 1.67 bits per heavy atom. The lowest BCUT2D eigenvalue weighted by atomic mass is 10.0.